The van der Waals surface area contributed by atoms with Gasteiger partial charge in [0.15, 0.2) is 0 Å². The van der Waals surface area contributed by atoms with Crippen LogP contribution in [-0.4, -0.2) is 27.0 Å². The fraction of sp³-hybridized carbons (Fsp3) is 0.0667. The van der Waals surface area contributed by atoms with Gasteiger partial charge in [0.05, 0.1) is 21.0 Å². The maximum atomic E-state index is 10.2. The van der Waals surface area contributed by atoms with Crippen molar-refractivity contribution in [3.63, 3.8) is 0 Å². The number of aryl methyl sites for hydroxylation is 1. The van der Waals surface area contributed by atoms with Crippen LogP contribution >= 0.6 is 77.0 Å². The Labute approximate surface area is 287 Å². The van der Waals surface area contributed by atoms with Crippen LogP contribution < -0.4 is 5.46 Å². The van der Waals surface area contributed by atoms with Crippen LogP contribution in [0.5, 0.6) is 0 Å². The molecule has 4 aromatic carbocycles. The molecule has 7 nitrogen and oxygen atoms in total. The quantitative estimate of drug-likeness (QED) is 0.0603. The number of nitro groups is 1. The van der Waals surface area contributed by atoms with Gasteiger partial charge < -0.3 is 18.9 Å². The Morgan fingerprint density at radius 3 is 1.88 bits per heavy atom. The summed E-state index contributed by atoms with van der Waals surface area (Å²) in [4.78, 5) is 11.8. The Bertz CT molecular complexity index is 1790. The molecule has 0 atom stereocenters. The molecule has 0 amide bonds. The summed E-state index contributed by atoms with van der Waals surface area (Å²) in [6.07, 6.45) is 3.18. The molecule has 0 aliphatic rings. The fourth-order valence-corrected chi connectivity index (χ4v) is 5.70. The zero-order chi connectivity index (χ0) is 30.8. The minimum Gasteiger partial charge on any atom is -0.465 e. The number of rotatable bonds is 3. The van der Waals surface area contributed by atoms with Crippen molar-refractivity contribution in [3.05, 3.63) is 126 Å². The smallest absolute Gasteiger partial charge is 0.465 e. The van der Waals surface area contributed by atoms with Crippen LogP contribution in [0.3, 0.4) is 0 Å². The van der Waals surface area contributed by atoms with Gasteiger partial charge in [-0.3, -0.25) is 10.1 Å². The highest BCUT2D eigenvalue weighted by Crippen LogP contribution is 2.36. The Morgan fingerprint density at radius 1 is 0.762 bits per heavy atom. The van der Waals surface area contributed by atoms with Gasteiger partial charge in [0.25, 0.3) is 5.69 Å². The maximum Gasteiger partial charge on any atom is 0.492 e. The maximum absolute atomic E-state index is 10.2. The van der Waals surface area contributed by atoms with Crippen LogP contribution in [0.25, 0.3) is 33.1 Å². The van der Waals surface area contributed by atoms with Crippen molar-refractivity contribution in [2.24, 2.45) is 0 Å². The third-order valence-corrected chi connectivity index (χ3v) is 8.12. The molecule has 0 saturated carbocycles. The number of furan rings is 2. The number of benzene rings is 4. The second-order valence-electron chi connectivity index (χ2n) is 8.46. The van der Waals surface area contributed by atoms with Gasteiger partial charge in [-0.2, -0.15) is 0 Å². The number of alkyl halides is 1. The summed E-state index contributed by atoms with van der Waals surface area (Å²) in [5.74, 6) is 0. The van der Waals surface area contributed by atoms with Crippen LogP contribution in [0.4, 0.5) is 5.69 Å². The molecule has 0 radical (unpaired) electrons. The van der Waals surface area contributed by atoms with Crippen LogP contribution in [0.1, 0.15) is 5.56 Å². The molecule has 12 heteroatoms. The average molecular weight is 919 g/mol. The molecule has 0 bridgehead atoms. The lowest BCUT2D eigenvalue weighted by atomic mass is 9.80. The lowest BCUT2D eigenvalue weighted by Gasteiger charge is -2.03. The highest BCUT2D eigenvalue weighted by Gasteiger charge is 2.19. The highest BCUT2D eigenvalue weighted by molar-refractivity contribution is 14.1. The first-order valence-electron chi connectivity index (χ1n) is 12.2. The van der Waals surface area contributed by atoms with Crippen molar-refractivity contribution in [3.8, 4) is 11.1 Å². The third kappa shape index (κ3) is 8.44. The predicted octanol–water partition coefficient (Wildman–Crippen LogP) is 9.30. The van der Waals surface area contributed by atoms with Gasteiger partial charge in [-0.25, -0.2) is 0 Å². The fourth-order valence-electron chi connectivity index (χ4n) is 3.98. The average Bonchev–Trinajstić information content (AvgIpc) is 3.62. The summed E-state index contributed by atoms with van der Waals surface area (Å²) in [6.45, 7) is 2.12. The third-order valence-electron chi connectivity index (χ3n) is 5.89. The molecule has 6 rings (SSSR count). The minimum absolute atomic E-state index is 0.170. The number of nitro benzene ring substituents is 1. The van der Waals surface area contributed by atoms with E-state index in [0.29, 0.717) is 20.0 Å². The molecule has 0 unspecified atom stereocenters. The molecular formula is C30H24BBr2I2NO6. The highest BCUT2D eigenvalue weighted by atomic mass is 127. The normalized spacial score (nSPS) is 10.1. The summed E-state index contributed by atoms with van der Waals surface area (Å²) in [5, 5.41) is 30.1. The van der Waals surface area contributed by atoms with Crippen molar-refractivity contribution >= 4 is 117 Å². The van der Waals surface area contributed by atoms with Crippen molar-refractivity contribution in [2.45, 2.75) is 6.92 Å². The SMILES string of the molecule is CI.Cc1ccccc1-c1coc2cccc(Br)c12.O=[N+]([O-])c1ccccc1I.OB(O)c1coc2cccc(Br)c12. The van der Waals surface area contributed by atoms with Crippen molar-refractivity contribution < 1.29 is 23.8 Å². The summed E-state index contributed by atoms with van der Waals surface area (Å²) in [7, 11) is -1.50. The first kappa shape index (κ1) is 34.3. The summed E-state index contributed by atoms with van der Waals surface area (Å²) >= 11 is 11.0. The molecule has 0 saturated heterocycles. The lowest BCUT2D eigenvalue weighted by Crippen LogP contribution is -2.28. The zero-order valence-electron chi connectivity index (χ0n) is 22.3. The molecule has 0 aliphatic heterocycles. The van der Waals surface area contributed by atoms with E-state index in [1.54, 1.807) is 24.3 Å². The van der Waals surface area contributed by atoms with E-state index in [1.165, 1.54) is 23.5 Å². The number of fused-ring (bicyclic) bond motifs is 2. The minimum atomic E-state index is -1.50. The number of halogens is 4. The molecular weight excluding hydrogens is 895 g/mol. The summed E-state index contributed by atoms with van der Waals surface area (Å²) in [5.41, 5.74) is 5.72. The molecule has 0 spiro atoms. The Kier molecular flexibility index (Phi) is 13.5. The van der Waals surface area contributed by atoms with E-state index in [1.807, 2.05) is 64.1 Å². The summed E-state index contributed by atoms with van der Waals surface area (Å²) in [6, 6.07) is 26.4. The topological polar surface area (TPSA) is 110 Å². The number of nitrogens with zero attached hydrogens (tertiary/aromatic N) is 1. The van der Waals surface area contributed by atoms with Crippen LogP contribution in [0, 0.1) is 20.6 Å². The Hall–Kier alpha value is -2.24. The van der Waals surface area contributed by atoms with Gasteiger partial charge in [0.1, 0.15) is 11.2 Å². The van der Waals surface area contributed by atoms with Crippen LogP contribution in [-0.2, 0) is 0 Å². The predicted molar refractivity (Wildman–Crippen MR) is 194 cm³/mol. The van der Waals surface area contributed by atoms with E-state index in [2.05, 4.69) is 85.6 Å². The van der Waals surface area contributed by atoms with Gasteiger partial charge in [-0.1, -0.05) is 103 Å². The van der Waals surface area contributed by atoms with E-state index >= 15 is 0 Å². The van der Waals surface area contributed by atoms with E-state index in [4.69, 9.17) is 18.9 Å². The number of para-hydroxylation sites is 1. The van der Waals surface area contributed by atoms with Crippen LogP contribution in [0.2, 0.25) is 0 Å². The molecule has 0 aliphatic carbocycles. The number of hydrogen-bond donors (Lipinski definition) is 2. The number of hydrogen-bond acceptors (Lipinski definition) is 6. The second kappa shape index (κ2) is 16.6. The molecule has 2 aromatic heterocycles. The van der Waals surface area contributed by atoms with E-state index < -0.39 is 7.12 Å². The van der Waals surface area contributed by atoms with Crippen molar-refractivity contribution in [1.82, 2.24) is 0 Å². The molecule has 216 valence electrons. The first-order valence-corrected chi connectivity index (χ1v) is 17.0. The van der Waals surface area contributed by atoms with Gasteiger partial charge in [0, 0.05) is 36.8 Å². The van der Waals surface area contributed by atoms with Gasteiger partial charge >= 0.3 is 7.12 Å². The van der Waals surface area contributed by atoms with E-state index in [9.17, 15) is 10.1 Å². The van der Waals surface area contributed by atoms with E-state index in [0.717, 1.165) is 25.5 Å². The lowest BCUT2D eigenvalue weighted by molar-refractivity contribution is -0.385. The molecule has 2 heterocycles. The monoisotopic (exact) mass is 917 g/mol. The standard InChI is InChI=1S/C15H11BrO.C8H6BBrO3.C6H4INO2.CH3I/c1-10-5-2-3-6-11(10)12-9-17-14-8-4-7-13(16)15(12)14;10-6-2-1-3-7-8(6)5(4-13-7)9(11)12;7-5-3-1-2-4-6(5)8(9)10;1-2/h2-9H,1H3;1-4,11-12H;1-4H;1H3. The molecule has 6 aromatic rings. The second-order valence-corrected chi connectivity index (χ2v) is 11.3. The van der Waals surface area contributed by atoms with Crippen molar-refractivity contribution in [1.29, 1.82) is 0 Å². The van der Waals surface area contributed by atoms with Crippen LogP contribution in [0.15, 0.2) is 115 Å². The Balaban J connectivity index is 0.000000174. The van der Waals surface area contributed by atoms with Gasteiger partial charge in [0.2, 0.25) is 0 Å². The molecule has 0 fully saturated rings. The molecule has 42 heavy (non-hydrogen) atoms. The largest absolute Gasteiger partial charge is 0.492 e. The van der Waals surface area contributed by atoms with Crippen molar-refractivity contribution in [2.75, 3.05) is 4.93 Å². The Morgan fingerprint density at radius 2 is 1.31 bits per heavy atom. The van der Waals surface area contributed by atoms with Gasteiger partial charge in [-0.15, -0.1) is 0 Å². The summed E-state index contributed by atoms with van der Waals surface area (Å²) < 4.78 is 13.3. The zero-order valence-corrected chi connectivity index (χ0v) is 29.8. The first-order chi connectivity index (χ1) is 20.2. The van der Waals surface area contributed by atoms with Gasteiger partial charge in [-0.05, 0) is 75.9 Å². The van der Waals surface area contributed by atoms with E-state index in [-0.39, 0.29) is 10.6 Å². The molecule has 2 N–H and O–H groups in total.